The summed E-state index contributed by atoms with van der Waals surface area (Å²) in [5.74, 6) is -1.47. The molecule has 1 heterocycles. The molecular formula is C14H12Br2O6. The molecule has 1 unspecified atom stereocenters. The van der Waals surface area contributed by atoms with E-state index in [1.54, 1.807) is 6.07 Å². The van der Waals surface area contributed by atoms with Gasteiger partial charge in [-0.05, 0) is 49.9 Å². The fraction of sp³-hybridized carbons (Fsp3) is 0.357. The van der Waals surface area contributed by atoms with Crippen molar-refractivity contribution in [3.05, 3.63) is 20.6 Å². The minimum atomic E-state index is -0.531. The molecule has 0 spiro atoms. The highest BCUT2D eigenvalue weighted by molar-refractivity contribution is 9.13. The second-order valence-corrected chi connectivity index (χ2v) is 6.27. The highest BCUT2D eigenvalue weighted by atomic mass is 79.9. The second kappa shape index (κ2) is 6.78. The van der Waals surface area contributed by atoms with Gasteiger partial charge in [0.25, 0.3) is 0 Å². The van der Waals surface area contributed by atoms with Crippen LogP contribution in [0.15, 0.2) is 15.0 Å². The maximum atomic E-state index is 11.6. The number of methoxy groups -OCH3 is 1. The van der Waals surface area contributed by atoms with Crippen molar-refractivity contribution < 1.29 is 28.6 Å². The van der Waals surface area contributed by atoms with Crippen LogP contribution in [0.1, 0.15) is 18.9 Å². The molecule has 118 valence electrons. The van der Waals surface area contributed by atoms with Crippen LogP contribution in [0, 0.1) is 5.92 Å². The molecule has 0 aliphatic carbocycles. The van der Waals surface area contributed by atoms with Gasteiger partial charge >= 0.3 is 17.9 Å². The number of cyclic esters (lactones) is 2. The minimum Gasteiger partial charge on any atom is -0.493 e. The van der Waals surface area contributed by atoms with Crippen molar-refractivity contribution in [2.45, 2.75) is 19.8 Å². The van der Waals surface area contributed by atoms with Crippen molar-refractivity contribution in [3.63, 3.8) is 0 Å². The van der Waals surface area contributed by atoms with Crippen molar-refractivity contribution in [1.82, 2.24) is 0 Å². The lowest BCUT2D eigenvalue weighted by atomic mass is 9.97. The molecule has 0 radical (unpaired) electrons. The number of carbonyl (C=O) groups is 3. The van der Waals surface area contributed by atoms with Crippen molar-refractivity contribution in [3.8, 4) is 11.5 Å². The Morgan fingerprint density at radius 2 is 2.05 bits per heavy atom. The lowest BCUT2D eigenvalue weighted by molar-refractivity contribution is -0.153. The average Bonchev–Trinajstić information content (AvgIpc) is 2.76. The first-order valence-corrected chi connectivity index (χ1v) is 7.89. The van der Waals surface area contributed by atoms with Crippen LogP contribution in [0.5, 0.6) is 11.5 Å². The van der Waals surface area contributed by atoms with Crippen LogP contribution in [-0.2, 0) is 25.5 Å². The van der Waals surface area contributed by atoms with E-state index in [4.69, 9.17) is 9.47 Å². The molecule has 2 rings (SSSR count). The normalized spacial score (nSPS) is 17.4. The first-order chi connectivity index (χ1) is 10.3. The third-order valence-electron chi connectivity index (χ3n) is 3.10. The number of esters is 3. The van der Waals surface area contributed by atoms with E-state index in [-0.39, 0.29) is 12.2 Å². The molecule has 1 fully saturated rings. The molecule has 6 nitrogen and oxygen atoms in total. The van der Waals surface area contributed by atoms with Crippen molar-refractivity contribution in [2.75, 3.05) is 7.11 Å². The van der Waals surface area contributed by atoms with Gasteiger partial charge in [-0.15, -0.1) is 0 Å². The average molecular weight is 436 g/mol. The Kier molecular flexibility index (Phi) is 5.23. The Hall–Kier alpha value is -1.41. The van der Waals surface area contributed by atoms with Crippen molar-refractivity contribution in [1.29, 1.82) is 0 Å². The van der Waals surface area contributed by atoms with Gasteiger partial charge in [0, 0.05) is 11.4 Å². The van der Waals surface area contributed by atoms with Gasteiger partial charge in [0.1, 0.15) is 0 Å². The van der Waals surface area contributed by atoms with Gasteiger partial charge < -0.3 is 14.2 Å². The van der Waals surface area contributed by atoms with E-state index in [0.717, 1.165) is 5.56 Å². The Bertz CT molecular complexity index is 655. The summed E-state index contributed by atoms with van der Waals surface area (Å²) in [6, 6.07) is 1.66. The molecule has 1 atom stereocenters. The quantitative estimate of drug-likeness (QED) is 0.411. The zero-order valence-electron chi connectivity index (χ0n) is 11.8. The first-order valence-electron chi connectivity index (χ1n) is 6.31. The molecule has 0 aromatic heterocycles. The molecule has 0 saturated carbocycles. The Labute approximate surface area is 143 Å². The van der Waals surface area contributed by atoms with E-state index in [0.29, 0.717) is 21.1 Å². The topological polar surface area (TPSA) is 78.9 Å². The predicted octanol–water partition coefficient (Wildman–Crippen LogP) is 2.78. The first kappa shape index (κ1) is 17.0. The summed E-state index contributed by atoms with van der Waals surface area (Å²) in [5, 5.41) is 0. The molecule has 1 aliphatic rings. The third-order valence-corrected chi connectivity index (χ3v) is 5.29. The van der Waals surface area contributed by atoms with E-state index in [2.05, 4.69) is 36.6 Å². The highest BCUT2D eigenvalue weighted by Crippen LogP contribution is 2.43. The van der Waals surface area contributed by atoms with Gasteiger partial charge in [-0.3, -0.25) is 14.4 Å². The zero-order chi connectivity index (χ0) is 16.4. The molecule has 8 heteroatoms. The maximum absolute atomic E-state index is 11.6. The fourth-order valence-electron chi connectivity index (χ4n) is 2.12. The smallest absolute Gasteiger partial charge is 0.317 e. The lowest BCUT2D eigenvalue weighted by Crippen LogP contribution is -2.12. The van der Waals surface area contributed by atoms with Crippen LogP contribution in [0.2, 0.25) is 0 Å². The second-order valence-electron chi connectivity index (χ2n) is 4.69. The largest absolute Gasteiger partial charge is 0.493 e. The number of carbonyl (C=O) groups excluding carboxylic acids is 3. The number of hydrogen-bond acceptors (Lipinski definition) is 6. The summed E-state index contributed by atoms with van der Waals surface area (Å²) in [5.41, 5.74) is 0.733. The summed E-state index contributed by atoms with van der Waals surface area (Å²) in [6.45, 7) is 1.29. The zero-order valence-corrected chi connectivity index (χ0v) is 14.9. The van der Waals surface area contributed by atoms with E-state index in [9.17, 15) is 14.4 Å². The number of hydrogen-bond donors (Lipinski definition) is 0. The predicted molar refractivity (Wildman–Crippen MR) is 82.6 cm³/mol. The monoisotopic (exact) mass is 434 g/mol. The van der Waals surface area contributed by atoms with Gasteiger partial charge in [-0.25, -0.2) is 0 Å². The minimum absolute atomic E-state index is 0.0525. The highest BCUT2D eigenvalue weighted by Gasteiger charge is 2.34. The number of ether oxygens (including phenoxy) is 3. The Morgan fingerprint density at radius 1 is 1.36 bits per heavy atom. The van der Waals surface area contributed by atoms with Gasteiger partial charge in [0.2, 0.25) is 0 Å². The van der Waals surface area contributed by atoms with Gasteiger partial charge in [0.05, 0.1) is 23.9 Å². The summed E-state index contributed by atoms with van der Waals surface area (Å²) < 4.78 is 16.0. The molecule has 1 aromatic carbocycles. The van der Waals surface area contributed by atoms with Crippen LogP contribution in [0.25, 0.3) is 0 Å². The van der Waals surface area contributed by atoms with Gasteiger partial charge in [-0.2, -0.15) is 0 Å². The molecule has 0 N–H and O–H groups in total. The van der Waals surface area contributed by atoms with Crippen molar-refractivity contribution >= 4 is 49.8 Å². The maximum Gasteiger partial charge on any atom is 0.317 e. The summed E-state index contributed by atoms with van der Waals surface area (Å²) in [7, 11) is 1.44. The summed E-state index contributed by atoms with van der Waals surface area (Å²) >= 11 is 6.74. The van der Waals surface area contributed by atoms with Crippen LogP contribution >= 0.6 is 31.9 Å². The van der Waals surface area contributed by atoms with Crippen LogP contribution < -0.4 is 9.47 Å². The SMILES string of the molecule is COc1cc(CC2CC(=O)OC2=O)c(Br)c(Br)c1OC(C)=O. The molecule has 22 heavy (non-hydrogen) atoms. The molecule has 0 bridgehead atoms. The summed E-state index contributed by atoms with van der Waals surface area (Å²) in [6.07, 6.45) is 0.359. The van der Waals surface area contributed by atoms with Crippen LogP contribution in [0.3, 0.4) is 0 Å². The van der Waals surface area contributed by atoms with Crippen LogP contribution in [0.4, 0.5) is 0 Å². The van der Waals surface area contributed by atoms with Gasteiger partial charge in [-0.1, -0.05) is 0 Å². The Balaban J connectivity index is 2.37. The van der Waals surface area contributed by atoms with Crippen molar-refractivity contribution in [2.24, 2.45) is 5.92 Å². The Morgan fingerprint density at radius 3 is 2.55 bits per heavy atom. The number of rotatable bonds is 4. The van der Waals surface area contributed by atoms with E-state index < -0.39 is 23.8 Å². The third kappa shape index (κ3) is 3.49. The lowest BCUT2D eigenvalue weighted by Gasteiger charge is -2.15. The summed E-state index contributed by atoms with van der Waals surface area (Å²) in [4.78, 5) is 33.9. The molecule has 1 saturated heterocycles. The molecular weight excluding hydrogens is 424 g/mol. The fourth-order valence-corrected chi connectivity index (χ4v) is 3.10. The van der Waals surface area contributed by atoms with Crippen LogP contribution in [-0.4, -0.2) is 25.0 Å². The molecule has 0 amide bonds. The molecule has 1 aliphatic heterocycles. The standard InChI is InChI=1S/C14H12Br2O6/c1-6(17)21-13-9(20-2)4-7(11(15)12(13)16)3-8-5-10(18)22-14(8)19/h4,8H,3,5H2,1-2H3. The van der Waals surface area contributed by atoms with E-state index in [1.165, 1.54) is 14.0 Å². The molecule has 1 aromatic rings. The number of benzene rings is 1. The van der Waals surface area contributed by atoms with E-state index >= 15 is 0 Å². The number of halogens is 2. The van der Waals surface area contributed by atoms with E-state index in [1.807, 2.05) is 0 Å². The van der Waals surface area contributed by atoms with Gasteiger partial charge in [0.15, 0.2) is 11.5 Å².